The van der Waals surface area contributed by atoms with Gasteiger partial charge >= 0.3 is 15.2 Å². The predicted molar refractivity (Wildman–Crippen MR) is 139 cm³/mol. The van der Waals surface area contributed by atoms with Crippen LogP contribution < -0.4 is 16.0 Å². The Morgan fingerprint density at radius 3 is 2.14 bits per heavy atom. The van der Waals surface area contributed by atoms with Crippen molar-refractivity contribution in [3.8, 4) is 0 Å². The standard InChI is InChI=1S/C21H35Cl2N3O8P2/c22-10-12-26(13-11-23)17-6-4-15(5-7-17)14-18(24)20(27)25-19-3-1-2-16(19)8-9-21(28,35(29,30)31)36(32,33)34/h4-7,16,18-19,28H,1-3,8-14,24H2,(H,25,27)(H2,29,30,31)(H2,32,33,34)/t16?,18-,19?/m0/s1. The lowest BCUT2D eigenvalue weighted by molar-refractivity contribution is -0.123. The first-order valence-electron chi connectivity index (χ1n) is 11.6. The maximum Gasteiger partial charge on any atom is 0.369 e. The number of nitrogens with two attached hydrogens (primary N) is 1. The van der Waals surface area contributed by atoms with Crippen molar-refractivity contribution in [2.45, 2.75) is 55.7 Å². The van der Waals surface area contributed by atoms with Crippen LogP contribution in [0.25, 0.3) is 0 Å². The topological polar surface area (TPSA) is 194 Å². The second-order valence-corrected chi connectivity index (χ2v) is 13.8. The Kier molecular flexibility index (Phi) is 11.7. The Morgan fingerprint density at radius 1 is 1.08 bits per heavy atom. The van der Waals surface area contributed by atoms with Gasteiger partial charge in [0.2, 0.25) is 5.91 Å². The summed E-state index contributed by atoms with van der Waals surface area (Å²) in [5, 5.41) is 9.53. The first kappa shape index (κ1) is 31.5. The quantitative estimate of drug-likeness (QED) is 0.124. The van der Waals surface area contributed by atoms with Crippen molar-refractivity contribution in [2.24, 2.45) is 11.7 Å². The molecule has 1 aromatic rings. The van der Waals surface area contributed by atoms with Gasteiger partial charge in [-0.2, -0.15) is 0 Å². The van der Waals surface area contributed by atoms with Crippen LogP contribution in [0.2, 0.25) is 0 Å². The summed E-state index contributed by atoms with van der Waals surface area (Å²) in [4.78, 5) is 52.2. The van der Waals surface area contributed by atoms with Crippen LogP contribution in [0.5, 0.6) is 0 Å². The molecule has 1 aromatic carbocycles. The third-order valence-electron chi connectivity index (χ3n) is 6.57. The maximum absolute atomic E-state index is 12.7. The predicted octanol–water partition coefficient (Wildman–Crippen LogP) is 1.91. The van der Waals surface area contributed by atoms with Gasteiger partial charge in [0.15, 0.2) is 0 Å². The van der Waals surface area contributed by atoms with Gasteiger partial charge in [0.25, 0.3) is 5.08 Å². The third-order valence-corrected chi connectivity index (χ3v) is 10.8. The Balaban J connectivity index is 1.97. The van der Waals surface area contributed by atoms with E-state index >= 15 is 0 Å². The van der Waals surface area contributed by atoms with Crippen LogP contribution in [0.4, 0.5) is 5.69 Å². The summed E-state index contributed by atoms with van der Waals surface area (Å²) in [5.74, 6) is 0.204. The molecule has 36 heavy (non-hydrogen) atoms. The highest BCUT2D eigenvalue weighted by molar-refractivity contribution is 7.72. The molecular formula is C21H35Cl2N3O8P2. The molecule has 0 aromatic heterocycles. The SMILES string of the molecule is N[C@@H](Cc1ccc(N(CCCl)CCCl)cc1)C(=O)NC1CCCC1CCC(O)(P(=O)(O)O)P(=O)(O)O. The summed E-state index contributed by atoms with van der Waals surface area (Å²) in [5.41, 5.74) is 7.93. The summed E-state index contributed by atoms with van der Waals surface area (Å²) < 4.78 is 23.2. The molecule has 1 fully saturated rings. The van der Waals surface area contributed by atoms with E-state index in [0.717, 1.165) is 11.3 Å². The van der Waals surface area contributed by atoms with Gasteiger partial charge in [-0.15, -0.1) is 23.2 Å². The van der Waals surface area contributed by atoms with Gasteiger partial charge < -0.3 is 40.6 Å². The Morgan fingerprint density at radius 2 is 1.64 bits per heavy atom. The molecule has 1 saturated carbocycles. The molecule has 0 radical (unpaired) electrons. The van der Waals surface area contributed by atoms with Gasteiger partial charge in [-0.25, -0.2) is 0 Å². The average Bonchev–Trinajstić information content (AvgIpc) is 3.23. The van der Waals surface area contributed by atoms with Crippen LogP contribution in [0.15, 0.2) is 24.3 Å². The fraction of sp³-hybridized carbons (Fsp3) is 0.667. The van der Waals surface area contributed by atoms with Crippen molar-refractivity contribution in [2.75, 3.05) is 29.7 Å². The highest BCUT2D eigenvalue weighted by Crippen LogP contribution is 2.69. The van der Waals surface area contributed by atoms with Crippen molar-refractivity contribution in [3.63, 3.8) is 0 Å². The lowest BCUT2D eigenvalue weighted by Crippen LogP contribution is -2.47. The van der Waals surface area contributed by atoms with Crippen LogP contribution >= 0.6 is 38.4 Å². The maximum atomic E-state index is 12.7. The van der Waals surface area contributed by atoms with Gasteiger partial charge in [-0.1, -0.05) is 18.6 Å². The minimum Gasteiger partial charge on any atom is -0.369 e. The Bertz CT molecular complexity index is 931. The number of benzene rings is 1. The van der Waals surface area contributed by atoms with Gasteiger partial charge in [-0.3, -0.25) is 13.9 Å². The number of nitrogens with one attached hydrogen (secondary N) is 1. The van der Waals surface area contributed by atoms with Crippen LogP contribution in [0.3, 0.4) is 0 Å². The number of carbonyl (C=O) groups is 1. The zero-order valence-corrected chi connectivity index (χ0v) is 23.0. The fourth-order valence-electron chi connectivity index (χ4n) is 4.47. The summed E-state index contributed by atoms with van der Waals surface area (Å²) in [6.45, 7) is 1.30. The van der Waals surface area contributed by atoms with Gasteiger partial charge in [-0.05, 0) is 49.3 Å². The van der Waals surface area contributed by atoms with E-state index < -0.39 is 38.6 Å². The average molecular weight is 590 g/mol. The first-order valence-corrected chi connectivity index (χ1v) is 15.9. The van der Waals surface area contributed by atoms with Crippen LogP contribution in [0, 0.1) is 5.92 Å². The summed E-state index contributed by atoms with van der Waals surface area (Å²) in [6.07, 6.45) is 1.25. The van der Waals surface area contributed by atoms with Crippen molar-refractivity contribution in [1.29, 1.82) is 0 Å². The molecule has 0 heterocycles. The Hall–Kier alpha value is -0.710. The molecule has 0 saturated heterocycles. The molecule has 0 aliphatic heterocycles. The fourth-order valence-corrected chi connectivity index (χ4v) is 7.07. The zero-order chi connectivity index (χ0) is 27.1. The van der Waals surface area contributed by atoms with E-state index in [1.165, 1.54) is 0 Å². The molecule has 2 rings (SSSR count). The highest BCUT2D eigenvalue weighted by Gasteiger charge is 2.59. The number of aliphatic hydroxyl groups is 1. The molecule has 206 valence electrons. The molecule has 11 nitrogen and oxygen atoms in total. The second-order valence-electron chi connectivity index (χ2n) is 9.05. The number of amides is 1. The number of alkyl halides is 2. The van der Waals surface area contributed by atoms with Crippen molar-refractivity contribution in [1.82, 2.24) is 5.32 Å². The zero-order valence-electron chi connectivity index (χ0n) is 19.7. The number of anilines is 1. The smallest absolute Gasteiger partial charge is 0.369 e. The van der Waals surface area contributed by atoms with E-state index in [1.54, 1.807) is 0 Å². The van der Waals surface area contributed by atoms with Crippen LogP contribution in [-0.2, 0) is 20.3 Å². The molecule has 3 atom stereocenters. The van der Waals surface area contributed by atoms with E-state index in [1.807, 2.05) is 24.3 Å². The Labute approximate surface area is 220 Å². The van der Waals surface area contributed by atoms with Gasteiger partial charge in [0.05, 0.1) is 6.04 Å². The third kappa shape index (κ3) is 8.14. The molecule has 2 unspecified atom stereocenters. The highest BCUT2D eigenvalue weighted by atomic mass is 35.5. The van der Waals surface area contributed by atoms with Crippen molar-refractivity contribution >= 4 is 50.0 Å². The number of carbonyl (C=O) groups excluding carboxylic acids is 1. The van der Waals surface area contributed by atoms with Crippen LogP contribution in [-0.4, -0.2) is 72.6 Å². The molecular weight excluding hydrogens is 555 g/mol. The van der Waals surface area contributed by atoms with Crippen LogP contribution in [0.1, 0.15) is 37.7 Å². The lowest BCUT2D eigenvalue weighted by Gasteiger charge is -2.31. The molecule has 0 spiro atoms. The minimum absolute atomic E-state index is 0.0878. The molecule has 1 amide bonds. The molecule has 0 bridgehead atoms. The summed E-state index contributed by atoms with van der Waals surface area (Å²) >= 11 is 11.7. The van der Waals surface area contributed by atoms with E-state index in [-0.39, 0.29) is 24.8 Å². The minimum atomic E-state index is -5.52. The van der Waals surface area contributed by atoms with Gasteiger partial charge in [0, 0.05) is 43.0 Å². The summed E-state index contributed by atoms with van der Waals surface area (Å²) in [6, 6.07) is 6.34. The van der Waals surface area contributed by atoms with E-state index in [0.29, 0.717) is 44.1 Å². The van der Waals surface area contributed by atoms with E-state index in [9.17, 15) is 38.6 Å². The summed E-state index contributed by atoms with van der Waals surface area (Å²) in [7, 11) is -11.0. The first-order chi connectivity index (χ1) is 16.7. The second kappa shape index (κ2) is 13.4. The molecule has 15 heteroatoms. The molecule has 1 aliphatic rings. The van der Waals surface area contributed by atoms with Crippen molar-refractivity contribution in [3.05, 3.63) is 29.8 Å². The van der Waals surface area contributed by atoms with E-state index in [2.05, 4.69) is 10.2 Å². The lowest BCUT2D eigenvalue weighted by atomic mass is 9.97. The molecule has 8 N–H and O–H groups in total. The van der Waals surface area contributed by atoms with Gasteiger partial charge in [0.1, 0.15) is 0 Å². The van der Waals surface area contributed by atoms with Crippen molar-refractivity contribution < 1.29 is 38.6 Å². The van der Waals surface area contributed by atoms with E-state index in [4.69, 9.17) is 28.9 Å². The normalized spacial score (nSPS) is 19.8. The number of nitrogens with zero attached hydrogens (tertiary/aromatic N) is 1. The number of hydrogen-bond acceptors (Lipinski definition) is 6. The number of rotatable bonds is 14. The number of hydrogen-bond donors (Lipinski definition) is 7. The monoisotopic (exact) mass is 589 g/mol. The number of halogens is 2. The largest absolute Gasteiger partial charge is 0.369 e. The molecule has 1 aliphatic carbocycles.